The van der Waals surface area contributed by atoms with Gasteiger partial charge in [0.2, 0.25) is 0 Å². The molecule has 2 atom stereocenters. The highest BCUT2D eigenvalue weighted by atomic mass is 79.9. The van der Waals surface area contributed by atoms with E-state index in [0.29, 0.717) is 12.1 Å². The standard InChI is InChI=1S/C14H19BrN2OS/c15-10-6-9-19-13(10)14(18)17-8-2-1-5-12(17)11-4-3-7-16-11/h6,9,11-12,16H,1-5,7-8H2. The van der Waals surface area contributed by atoms with Crippen molar-refractivity contribution in [2.75, 3.05) is 13.1 Å². The molecule has 3 rings (SSSR count). The lowest BCUT2D eigenvalue weighted by molar-refractivity contribution is 0.0568. The van der Waals surface area contributed by atoms with Crippen molar-refractivity contribution < 1.29 is 4.79 Å². The molecular weight excluding hydrogens is 324 g/mol. The van der Waals surface area contributed by atoms with Crippen LogP contribution in [0.2, 0.25) is 0 Å². The number of nitrogens with zero attached hydrogens (tertiary/aromatic N) is 1. The van der Waals surface area contributed by atoms with E-state index in [1.807, 2.05) is 11.4 Å². The predicted molar refractivity (Wildman–Crippen MR) is 81.7 cm³/mol. The second-order valence-electron chi connectivity index (χ2n) is 5.36. The molecular formula is C14H19BrN2OS. The summed E-state index contributed by atoms with van der Waals surface area (Å²) in [5, 5.41) is 5.55. The maximum Gasteiger partial charge on any atom is 0.265 e. The lowest BCUT2D eigenvalue weighted by Gasteiger charge is -2.39. The zero-order valence-corrected chi connectivity index (χ0v) is 13.3. The summed E-state index contributed by atoms with van der Waals surface area (Å²) in [5.41, 5.74) is 0. The number of thiophene rings is 1. The molecule has 0 aromatic carbocycles. The minimum Gasteiger partial charge on any atom is -0.333 e. The van der Waals surface area contributed by atoms with E-state index in [2.05, 4.69) is 26.1 Å². The van der Waals surface area contributed by atoms with Crippen LogP contribution in [-0.2, 0) is 0 Å². The topological polar surface area (TPSA) is 32.3 Å². The van der Waals surface area contributed by atoms with Crippen LogP contribution in [0.15, 0.2) is 15.9 Å². The first-order valence-electron chi connectivity index (χ1n) is 7.05. The Labute approximate surface area is 126 Å². The van der Waals surface area contributed by atoms with Crippen LogP contribution in [0.5, 0.6) is 0 Å². The number of carbonyl (C=O) groups is 1. The number of amides is 1. The number of nitrogens with one attached hydrogen (secondary N) is 1. The van der Waals surface area contributed by atoms with Gasteiger partial charge < -0.3 is 10.2 Å². The van der Waals surface area contributed by atoms with Crippen molar-refractivity contribution in [3.63, 3.8) is 0 Å². The molecule has 3 heterocycles. The average Bonchev–Trinajstić information content (AvgIpc) is 3.09. The van der Waals surface area contributed by atoms with E-state index in [0.717, 1.165) is 35.3 Å². The van der Waals surface area contributed by atoms with Gasteiger partial charge >= 0.3 is 0 Å². The van der Waals surface area contributed by atoms with Gasteiger partial charge in [-0.1, -0.05) is 0 Å². The third-order valence-electron chi connectivity index (χ3n) is 4.18. The first-order chi connectivity index (χ1) is 9.27. The summed E-state index contributed by atoms with van der Waals surface area (Å²) in [4.78, 5) is 15.7. The van der Waals surface area contributed by atoms with Crippen molar-refractivity contribution in [3.05, 3.63) is 20.8 Å². The molecule has 0 saturated carbocycles. The van der Waals surface area contributed by atoms with Crippen LogP contribution >= 0.6 is 27.3 Å². The molecule has 3 nitrogen and oxygen atoms in total. The second-order valence-corrected chi connectivity index (χ2v) is 7.13. The van der Waals surface area contributed by atoms with Crippen molar-refractivity contribution in [3.8, 4) is 0 Å². The maximum absolute atomic E-state index is 12.7. The number of halogens is 1. The van der Waals surface area contributed by atoms with Crippen LogP contribution in [0.3, 0.4) is 0 Å². The summed E-state index contributed by atoms with van der Waals surface area (Å²) in [7, 11) is 0. The van der Waals surface area contributed by atoms with Crippen molar-refractivity contribution in [1.29, 1.82) is 0 Å². The number of piperidine rings is 1. The van der Waals surface area contributed by atoms with Gasteiger partial charge in [0.15, 0.2) is 0 Å². The fraction of sp³-hybridized carbons (Fsp3) is 0.643. The quantitative estimate of drug-likeness (QED) is 0.894. The van der Waals surface area contributed by atoms with E-state index in [-0.39, 0.29) is 5.91 Å². The summed E-state index contributed by atoms with van der Waals surface area (Å²) in [6, 6.07) is 2.85. The molecule has 0 spiro atoms. The molecule has 2 aliphatic heterocycles. The van der Waals surface area contributed by atoms with E-state index in [9.17, 15) is 4.79 Å². The summed E-state index contributed by atoms with van der Waals surface area (Å²) in [5.74, 6) is 0.209. The molecule has 104 valence electrons. The van der Waals surface area contributed by atoms with Gasteiger partial charge in [0.05, 0.1) is 0 Å². The summed E-state index contributed by atoms with van der Waals surface area (Å²) < 4.78 is 0.936. The summed E-state index contributed by atoms with van der Waals surface area (Å²) in [6.07, 6.45) is 5.98. The molecule has 2 fully saturated rings. The number of hydrogen-bond acceptors (Lipinski definition) is 3. The zero-order valence-electron chi connectivity index (χ0n) is 10.9. The fourth-order valence-electron chi connectivity index (χ4n) is 3.24. The predicted octanol–water partition coefficient (Wildman–Crippen LogP) is 3.26. The van der Waals surface area contributed by atoms with Crippen LogP contribution in [0.1, 0.15) is 41.8 Å². The molecule has 2 saturated heterocycles. The fourth-order valence-corrected chi connectivity index (χ4v) is 4.74. The van der Waals surface area contributed by atoms with Gasteiger partial charge in [-0.05, 0) is 66.0 Å². The maximum atomic E-state index is 12.7. The molecule has 1 amide bonds. The Morgan fingerprint density at radius 3 is 2.95 bits per heavy atom. The SMILES string of the molecule is O=C(c1sccc1Br)N1CCCCC1C1CCCN1. The van der Waals surface area contributed by atoms with Gasteiger partial charge in [-0.3, -0.25) is 4.79 Å². The Morgan fingerprint density at radius 2 is 2.26 bits per heavy atom. The molecule has 1 N–H and O–H groups in total. The van der Waals surface area contributed by atoms with Crippen LogP contribution in [0.4, 0.5) is 0 Å². The Bertz CT molecular complexity index is 456. The first-order valence-corrected chi connectivity index (χ1v) is 8.72. The molecule has 1 aromatic rings. The molecule has 0 radical (unpaired) electrons. The number of carbonyl (C=O) groups excluding carboxylic acids is 1. The minimum absolute atomic E-state index is 0.209. The van der Waals surface area contributed by atoms with Gasteiger partial charge in [-0.15, -0.1) is 11.3 Å². The van der Waals surface area contributed by atoms with Gasteiger partial charge in [-0.2, -0.15) is 0 Å². The zero-order chi connectivity index (χ0) is 13.2. The molecule has 0 bridgehead atoms. The Morgan fingerprint density at radius 1 is 1.37 bits per heavy atom. The molecule has 5 heteroatoms. The smallest absolute Gasteiger partial charge is 0.265 e. The van der Waals surface area contributed by atoms with Gasteiger partial charge in [0.25, 0.3) is 5.91 Å². The second kappa shape index (κ2) is 5.94. The number of hydrogen-bond donors (Lipinski definition) is 1. The molecule has 1 aromatic heterocycles. The third-order valence-corrected chi connectivity index (χ3v) is 6.01. The van der Waals surface area contributed by atoms with Crippen molar-refractivity contribution in [1.82, 2.24) is 10.2 Å². The summed E-state index contributed by atoms with van der Waals surface area (Å²) in [6.45, 7) is 2.01. The van der Waals surface area contributed by atoms with Crippen molar-refractivity contribution in [2.45, 2.75) is 44.2 Å². The van der Waals surface area contributed by atoms with E-state index < -0.39 is 0 Å². The van der Waals surface area contributed by atoms with Gasteiger partial charge in [0.1, 0.15) is 4.88 Å². The highest BCUT2D eigenvalue weighted by molar-refractivity contribution is 9.10. The molecule has 0 aliphatic carbocycles. The molecule has 2 unspecified atom stereocenters. The lowest BCUT2D eigenvalue weighted by atomic mass is 9.94. The number of rotatable bonds is 2. The average molecular weight is 343 g/mol. The van der Waals surface area contributed by atoms with Crippen LogP contribution < -0.4 is 5.32 Å². The lowest BCUT2D eigenvalue weighted by Crippen LogP contribution is -2.52. The summed E-state index contributed by atoms with van der Waals surface area (Å²) >= 11 is 5.02. The third kappa shape index (κ3) is 2.73. The largest absolute Gasteiger partial charge is 0.333 e. The highest BCUT2D eigenvalue weighted by Crippen LogP contribution is 2.30. The highest BCUT2D eigenvalue weighted by Gasteiger charge is 2.35. The van der Waals surface area contributed by atoms with Crippen molar-refractivity contribution >= 4 is 33.2 Å². The first kappa shape index (κ1) is 13.6. The normalized spacial score (nSPS) is 27.7. The molecule has 2 aliphatic rings. The van der Waals surface area contributed by atoms with Crippen LogP contribution in [-0.4, -0.2) is 36.0 Å². The monoisotopic (exact) mass is 342 g/mol. The van der Waals surface area contributed by atoms with Crippen molar-refractivity contribution in [2.24, 2.45) is 0 Å². The van der Waals surface area contributed by atoms with E-state index >= 15 is 0 Å². The number of likely N-dealkylation sites (tertiary alicyclic amines) is 1. The van der Waals surface area contributed by atoms with Crippen LogP contribution in [0, 0.1) is 0 Å². The van der Waals surface area contributed by atoms with E-state index in [1.165, 1.54) is 30.6 Å². The minimum atomic E-state index is 0.209. The Kier molecular flexibility index (Phi) is 4.24. The molecule has 19 heavy (non-hydrogen) atoms. The Balaban J connectivity index is 1.80. The van der Waals surface area contributed by atoms with E-state index in [1.54, 1.807) is 0 Å². The van der Waals surface area contributed by atoms with Gasteiger partial charge in [-0.25, -0.2) is 0 Å². The Hall–Kier alpha value is -0.390. The van der Waals surface area contributed by atoms with Gasteiger partial charge in [0, 0.05) is 23.1 Å². The van der Waals surface area contributed by atoms with Crippen LogP contribution in [0.25, 0.3) is 0 Å². The van der Waals surface area contributed by atoms with E-state index in [4.69, 9.17) is 0 Å².